The minimum atomic E-state index is -0.0811. The van der Waals surface area contributed by atoms with Gasteiger partial charge in [0.1, 0.15) is 0 Å². The predicted molar refractivity (Wildman–Crippen MR) is 87.6 cm³/mol. The molecule has 0 aromatic heterocycles. The van der Waals surface area contributed by atoms with Crippen molar-refractivity contribution >= 4 is 17.7 Å². The molecule has 0 heterocycles. The van der Waals surface area contributed by atoms with E-state index >= 15 is 0 Å². The smallest absolute Gasteiger partial charge is 0.306 e. The average Bonchev–Trinajstić information content (AvgIpc) is 3.25. The van der Waals surface area contributed by atoms with Crippen molar-refractivity contribution in [2.75, 3.05) is 19.4 Å². The lowest BCUT2D eigenvalue weighted by molar-refractivity contribution is -0.141. The van der Waals surface area contributed by atoms with Crippen molar-refractivity contribution in [3.8, 4) is 0 Å². The zero-order valence-electron chi connectivity index (χ0n) is 13.1. The van der Waals surface area contributed by atoms with Crippen LogP contribution in [0.15, 0.2) is 29.2 Å². The molecule has 0 spiro atoms. The van der Waals surface area contributed by atoms with Gasteiger partial charge in [-0.3, -0.25) is 4.79 Å². The fourth-order valence-electron chi connectivity index (χ4n) is 2.54. The van der Waals surface area contributed by atoms with E-state index in [0.717, 1.165) is 25.1 Å². The van der Waals surface area contributed by atoms with Gasteiger partial charge in [-0.1, -0.05) is 25.1 Å². The number of ether oxygens (including phenoxy) is 1. The van der Waals surface area contributed by atoms with Crippen LogP contribution in [0.3, 0.4) is 0 Å². The zero-order chi connectivity index (χ0) is 15.3. The highest BCUT2D eigenvalue weighted by Gasteiger charge is 2.44. The van der Waals surface area contributed by atoms with Gasteiger partial charge >= 0.3 is 5.97 Å². The quantitative estimate of drug-likeness (QED) is 0.586. The lowest BCUT2D eigenvalue weighted by Gasteiger charge is -2.19. The Bertz CT molecular complexity index is 485. The molecule has 2 rings (SSSR count). The fraction of sp³-hybridized carbons (Fsp3) is 0.588. The van der Waals surface area contributed by atoms with Crippen LogP contribution in [0.5, 0.6) is 0 Å². The number of methoxy groups -OCH3 is 1. The van der Waals surface area contributed by atoms with E-state index in [1.807, 2.05) is 11.8 Å². The molecule has 116 valence electrons. The van der Waals surface area contributed by atoms with Gasteiger partial charge in [0, 0.05) is 16.7 Å². The molecule has 1 saturated carbocycles. The first-order valence-corrected chi connectivity index (χ1v) is 8.61. The third-order valence-corrected chi connectivity index (χ3v) is 5.57. The van der Waals surface area contributed by atoms with Gasteiger partial charge < -0.3 is 10.1 Å². The molecular formula is C17H25NO2S. The Hall–Kier alpha value is -1.00. The van der Waals surface area contributed by atoms with Crippen LogP contribution >= 0.6 is 11.8 Å². The first-order chi connectivity index (χ1) is 10.1. The van der Waals surface area contributed by atoms with E-state index in [9.17, 15) is 4.79 Å². The summed E-state index contributed by atoms with van der Waals surface area (Å²) in [5.74, 6) is 0.917. The number of hydrogen-bond donors (Lipinski definition) is 1. The average molecular weight is 307 g/mol. The summed E-state index contributed by atoms with van der Waals surface area (Å²) < 4.78 is 4.81. The van der Waals surface area contributed by atoms with Crippen molar-refractivity contribution in [2.45, 2.75) is 44.0 Å². The molecule has 1 atom stereocenters. The number of hydrogen-bond acceptors (Lipinski definition) is 4. The molecule has 1 unspecified atom stereocenters. The molecule has 1 aliphatic rings. The number of nitrogens with one attached hydrogen (secondary N) is 1. The molecule has 0 aliphatic heterocycles. The molecule has 1 fully saturated rings. The minimum absolute atomic E-state index is 0.0811. The van der Waals surface area contributed by atoms with Crippen LogP contribution < -0.4 is 5.32 Å². The van der Waals surface area contributed by atoms with Gasteiger partial charge in [0.05, 0.1) is 13.5 Å². The van der Waals surface area contributed by atoms with Crippen molar-refractivity contribution in [2.24, 2.45) is 5.41 Å². The van der Waals surface area contributed by atoms with E-state index < -0.39 is 0 Å². The van der Waals surface area contributed by atoms with Crippen LogP contribution in [0.2, 0.25) is 0 Å². The Morgan fingerprint density at radius 2 is 2.14 bits per heavy atom. The van der Waals surface area contributed by atoms with Crippen molar-refractivity contribution in [1.82, 2.24) is 5.32 Å². The summed E-state index contributed by atoms with van der Waals surface area (Å²) in [5.41, 5.74) is 1.52. The highest BCUT2D eigenvalue weighted by atomic mass is 32.2. The summed E-state index contributed by atoms with van der Waals surface area (Å²) in [7, 11) is 1.47. The molecule has 1 aromatic rings. The monoisotopic (exact) mass is 307 g/mol. The van der Waals surface area contributed by atoms with E-state index in [1.165, 1.54) is 17.6 Å². The number of rotatable bonds is 8. The molecule has 1 aromatic carbocycles. The standard InChI is InChI=1S/C17H25NO2S/c1-4-18-13(2)14-7-5-6-8-15(14)21-12-17(9-10-17)11-16(19)20-3/h5-8,13,18H,4,9-12H2,1-3H3. The Kier molecular flexibility index (Phi) is 5.71. The summed E-state index contributed by atoms with van der Waals surface area (Å²) in [5, 5.41) is 3.47. The van der Waals surface area contributed by atoms with Gasteiger partial charge in [-0.15, -0.1) is 11.8 Å². The third kappa shape index (κ3) is 4.48. The highest BCUT2D eigenvalue weighted by Crippen LogP contribution is 2.52. The van der Waals surface area contributed by atoms with Gasteiger partial charge in [-0.2, -0.15) is 0 Å². The molecule has 0 radical (unpaired) electrons. The second-order valence-electron chi connectivity index (χ2n) is 5.86. The van der Waals surface area contributed by atoms with Crippen LogP contribution in [0.4, 0.5) is 0 Å². The van der Waals surface area contributed by atoms with Crippen molar-refractivity contribution < 1.29 is 9.53 Å². The number of benzene rings is 1. The second kappa shape index (κ2) is 7.32. The summed E-state index contributed by atoms with van der Waals surface area (Å²) in [6, 6.07) is 8.91. The molecule has 4 heteroatoms. The van der Waals surface area contributed by atoms with E-state index in [-0.39, 0.29) is 11.4 Å². The van der Waals surface area contributed by atoms with E-state index in [4.69, 9.17) is 4.74 Å². The van der Waals surface area contributed by atoms with Crippen molar-refractivity contribution in [1.29, 1.82) is 0 Å². The number of thioether (sulfide) groups is 1. The molecule has 21 heavy (non-hydrogen) atoms. The van der Waals surface area contributed by atoms with E-state index in [1.54, 1.807) is 0 Å². The molecule has 0 saturated heterocycles. The topological polar surface area (TPSA) is 38.3 Å². The maximum Gasteiger partial charge on any atom is 0.306 e. The third-order valence-electron chi connectivity index (χ3n) is 4.13. The maximum absolute atomic E-state index is 11.5. The summed E-state index contributed by atoms with van der Waals surface area (Å²) in [6.45, 7) is 5.29. The largest absolute Gasteiger partial charge is 0.469 e. The van der Waals surface area contributed by atoms with Crippen molar-refractivity contribution in [3.05, 3.63) is 29.8 Å². The number of carbonyl (C=O) groups is 1. The van der Waals surface area contributed by atoms with E-state index in [2.05, 4.69) is 43.4 Å². The SMILES string of the molecule is CCNC(C)c1ccccc1SCC1(CC(=O)OC)CC1. The van der Waals surface area contributed by atoms with Crippen LogP contribution in [0.1, 0.15) is 44.7 Å². The van der Waals surface area contributed by atoms with E-state index in [0.29, 0.717) is 12.5 Å². The second-order valence-corrected chi connectivity index (χ2v) is 6.88. The normalized spacial score (nSPS) is 17.3. The predicted octanol–water partition coefficient (Wildman–Crippen LogP) is 3.79. The Labute approximate surface area is 131 Å². The Morgan fingerprint density at radius 3 is 2.76 bits per heavy atom. The maximum atomic E-state index is 11.5. The van der Waals surface area contributed by atoms with Gasteiger partial charge in [0.15, 0.2) is 0 Å². The lowest BCUT2D eigenvalue weighted by Crippen LogP contribution is -2.18. The van der Waals surface area contributed by atoms with Gasteiger partial charge in [0.25, 0.3) is 0 Å². The lowest BCUT2D eigenvalue weighted by atomic mass is 10.1. The summed E-state index contributed by atoms with van der Waals surface area (Å²) in [4.78, 5) is 12.8. The molecule has 3 nitrogen and oxygen atoms in total. The van der Waals surface area contributed by atoms with Gasteiger partial charge in [-0.05, 0) is 43.4 Å². The number of esters is 1. The van der Waals surface area contributed by atoms with Gasteiger partial charge in [-0.25, -0.2) is 0 Å². The molecule has 1 aliphatic carbocycles. The van der Waals surface area contributed by atoms with Crippen LogP contribution in [0, 0.1) is 5.41 Å². The van der Waals surface area contributed by atoms with Crippen molar-refractivity contribution in [3.63, 3.8) is 0 Å². The highest BCUT2D eigenvalue weighted by molar-refractivity contribution is 7.99. The minimum Gasteiger partial charge on any atom is -0.469 e. The van der Waals surface area contributed by atoms with Crippen LogP contribution in [-0.2, 0) is 9.53 Å². The number of carbonyl (C=O) groups excluding carboxylic acids is 1. The first kappa shape index (κ1) is 16.4. The van der Waals surface area contributed by atoms with Gasteiger partial charge in [0.2, 0.25) is 0 Å². The summed E-state index contributed by atoms with van der Waals surface area (Å²) >= 11 is 1.88. The zero-order valence-corrected chi connectivity index (χ0v) is 14.0. The van der Waals surface area contributed by atoms with Crippen LogP contribution in [0.25, 0.3) is 0 Å². The Balaban J connectivity index is 1.99. The molecule has 1 N–H and O–H groups in total. The summed E-state index contributed by atoms with van der Waals surface area (Å²) in [6.07, 6.45) is 2.83. The Morgan fingerprint density at radius 1 is 1.43 bits per heavy atom. The molecular weight excluding hydrogens is 282 g/mol. The fourth-order valence-corrected chi connectivity index (χ4v) is 3.98. The molecule has 0 bridgehead atoms. The first-order valence-electron chi connectivity index (χ1n) is 7.62. The van der Waals surface area contributed by atoms with Crippen LogP contribution in [-0.4, -0.2) is 25.4 Å². The molecule has 0 amide bonds.